The van der Waals surface area contributed by atoms with Crippen molar-refractivity contribution in [2.24, 2.45) is 5.92 Å². The number of rotatable bonds is 7. The Morgan fingerprint density at radius 3 is 2.52 bits per heavy atom. The summed E-state index contributed by atoms with van der Waals surface area (Å²) in [5.74, 6) is 2.27. The fraction of sp³-hybridized carbons (Fsp3) is 0.722. The third-order valence-corrected chi connectivity index (χ3v) is 5.06. The van der Waals surface area contributed by atoms with Crippen molar-refractivity contribution in [3.05, 3.63) is 12.1 Å². The molecule has 0 atom stereocenters. The Morgan fingerprint density at radius 1 is 1.12 bits per heavy atom. The summed E-state index contributed by atoms with van der Waals surface area (Å²) in [5, 5.41) is 8.34. The van der Waals surface area contributed by atoms with Crippen molar-refractivity contribution in [1.82, 2.24) is 15.1 Å². The number of hydrogen-bond donors (Lipinski definition) is 0. The summed E-state index contributed by atoms with van der Waals surface area (Å²) in [6.07, 6.45) is 5.75. The highest BCUT2D eigenvalue weighted by molar-refractivity contribution is 5.76. The van der Waals surface area contributed by atoms with Crippen molar-refractivity contribution >= 4 is 11.7 Å². The maximum atomic E-state index is 12.4. The first-order chi connectivity index (χ1) is 12.3. The third kappa shape index (κ3) is 5.04. The lowest BCUT2D eigenvalue weighted by molar-refractivity contribution is -0.132. The van der Waals surface area contributed by atoms with Crippen molar-refractivity contribution < 1.29 is 14.3 Å². The van der Waals surface area contributed by atoms with Gasteiger partial charge in [0.1, 0.15) is 6.61 Å². The summed E-state index contributed by atoms with van der Waals surface area (Å²) >= 11 is 0. The topological polar surface area (TPSA) is 67.8 Å². The van der Waals surface area contributed by atoms with Crippen molar-refractivity contribution in [2.75, 3.05) is 51.4 Å². The van der Waals surface area contributed by atoms with E-state index < -0.39 is 0 Å². The number of aromatic nitrogens is 2. The van der Waals surface area contributed by atoms with Crippen LogP contribution in [0.4, 0.5) is 5.82 Å². The van der Waals surface area contributed by atoms with Gasteiger partial charge in [0.15, 0.2) is 5.82 Å². The van der Waals surface area contributed by atoms with Crippen LogP contribution in [0.25, 0.3) is 0 Å². The van der Waals surface area contributed by atoms with Crippen LogP contribution >= 0.6 is 0 Å². The summed E-state index contributed by atoms with van der Waals surface area (Å²) in [4.78, 5) is 16.6. The van der Waals surface area contributed by atoms with Crippen LogP contribution in [0.3, 0.4) is 0 Å². The molecule has 0 bridgehead atoms. The second kappa shape index (κ2) is 8.99. The second-order valence-electron chi connectivity index (χ2n) is 6.79. The van der Waals surface area contributed by atoms with E-state index in [4.69, 9.17) is 9.47 Å². The number of amides is 1. The molecule has 0 unspecified atom stereocenters. The monoisotopic (exact) mass is 348 g/mol. The molecule has 1 saturated heterocycles. The molecule has 7 nitrogen and oxygen atoms in total. The first kappa shape index (κ1) is 17.9. The minimum absolute atomic E-state index is 0.319. The predicted molar refractivity (Wildman–Crippen MR) is 94.8 cm³/mol. The number of carbonyl (C=O) groups excluding carboxylic acids is 1. The first-order valence-electron chi connectivity index (χ1n) is 9.24. The van der Waals surface area contributed by atoms with Gasteiger partial charge in [0, 0.05) is 45.8 Å². The van der Waals surface area contributed by atoms with Crippen molar-refractivity contribution in [2.45, 2.75) is 32.1 Å². The Kier molecular flexibility index (Phi) is 6.44. The predicted octanol–water partition coefficient (Wildman–Crippen LogP) is 1.73. The largest absolute Gasteiger partial charge is 0.474 e. The summed E-state index contributed by atoms with van der Waals surface area (Å²) < 4.78 is 10.4. The van der Waals surface area contributed by atoms with Gasteiger partial charge in [-0.15, -0.1) is 10.2 Å². The van der Waals surface area contributed by atoms with E-state index in [1.165, 1.54) is 25.7 Å². The molecular weight excluding hydrogens is 320 g/mol. The maximum Gasteiger partial charge on any atom is 0.233 e. The van der Waals surface area contributed by atoms with Crippen LogP contribution in [0.15, 0.2) is 12.1 Å². The molecule has 1 aromatic rings. The van der Waals surface area contributed by atoms with E-state index in [2.05, 4.69) is 15.1 Å². The standard InChI is InChI=1S/C18H28N4O3/c1-24-12-13-25-17-7-6-16(19-20-17)21-8-10-22(11-9-21)18(23)14-15-4-2-3-5-15/h6-7,15H,2-5,8-14H2,1H3. The fourth-order valence-corrected chi connectivity index (χ4v) is 3.56. The second-order valence-corrected chi connectivity index (χ2v) is 6.79. The molecule has 138 valence electrons. The van der Waals surface area contributed by atoms with Crippen molar-refractivity contribution in [3.63, 3.8) is 0 Å². The molecule has 1 amide bonds. The molecule has 2 fully saturated rings. The number of piperazine rings is 1. The summed E-state index contributed by atoms with van der Waals surface area (Å²) in [6, 6.07) is 3.75. The van der Waals surface area contributed by atoms with Crippen LogP contribution < -0.4 is 9.64 Å². The number of methoxy groups -OCH3 is 1. The molecule has 1 aliphatic heterocycles. The van der Waals surface area contributed by atoms with Crippen LogP contribution in [0.1, 0.15) is 32.1 Å². The Hall–Kier alpha value is -1.89. The highest BCUT2D eigenvalue weighted by atomic mass is 16.5. The zero-order valence-corrected chi connectivity index (χ0v) is 15.0. The summed E-state index contributed by atoms with van der Waals surface area (Å²) in [6.45, 7) is 4.12. The van der Waals surface area contributed by atoms with Crippen LogP contribution in [-0.4, -0.2) is 67.5 Å². The van der Waals surface area contributed by atoms with E-state index in [0.29, 0.717) is 30.9 Å². The summed E-state index contributed by atoms with van der Waals surface area (Å²) in [7, 11) is 1.64. The first-order valence-corrected chi connectivity index (χ1v) is 9.24. The van der Waals surface area contributed by atoms with Crippen molar-refractivity contribution in [3.8, 4) is 5.88 Å². The summed E-state index contributed by atoms with van der Waals surface area (Å²) in [5.41, 5.74) is 0. The van der Waals surface area contributed by atoms with E-state index in [0.717, 1.165) is 38.4 Å². The molecular formula is C18H28N4O3. The quantitative estimate of drug-likeness (QED) is 0.699. The Labute approximate surface area is 149 Å². The Morgan fingerprint density at radius 2 is 1.88 bits per heavy atom. The lowest BCUT2D eigenvalue weighted by atomic mass is 10.0. The molecule has 1 saturated carbocycles. The van der Waals surface area contributed by atoms with E-state index >= 15 is 0 Å². The maximum absolute atomic E-state index is 12.4. The normalized spacial score (nSPS) is 18.6. The molecule has 0 N–H and O–H groups in total. The van der Waals surface area contributed by atoms with Gasteiger partial charge in [0.2, 0.25) is 11.8 Å². The lowest BCUT2D eigenvalue weighted by Crippen LogP contribution is -2.49. The van der Waals surface area contributed by atoms with Gasteiger partial charge in [0.25, 0.3) is 0 Å². The van der Waals surface area contributed by atoms with E-state index in [-0.39, 0.29) is 0 Å². The van der Waals surface area contributed by atoms with Crippen molar-refractivity contribution in [1.29, 1.82) is 0 Å². The molecule has 7 heteroatoms. The number of nitrogens with zero attached hydrogens (tertiary/aromatic N) is 4. The molecule has 1 aromatic heterocycles. The smallest absolute Gasteiger partial charge is 0.233 e. The zero-order valence-electron chi connectivity index (χ0n) is 15.0. The van der Waals surface area contributed by atoms with E-state index in [1.54, 1.807) is 7.11 Å². The van der Waals surface area contributed by atoms with E-state index in [9.17, 15) is 4.79 Å². The minimum atomic E-state index is 0.319. The molecule has 3 rings (SSSR count). The van der Waals surface area contributed by atoms with Gasteiger partial charge in [-0.25, -0.2) is 0 Å². The Bertz CT molecular complexity index is 538. The molecule has 0 aromatic carbocycles. The van der Waals surface area contributed by atoms with Gasteiger partial charge < -0.3 is 19.3 Å². The highest BCUT2D eigenvalue weighted by Gasteiger charge is 2.25. The molecule has 1 aliphatic carbocycles. The highest BCUT2D eigenvalue weighted by Crippen LogP contribution is 2.28. The number of carbonyl (C=O) groups is 1. The lowest BCUT2D eigenvalue weighted by Gasteiger charge is -2.35. The molecule has 25 heavy (non-hydrogen) atoms. The van der Waals surface area contributed by atoms with Gasteiger partial charge in [-0.2, -0.15) is 0 Å². The molecule has 2 aliphatic rings. The molecule has 0 radical (unpaired) electrons. The van der Waals surface area contributed by atoms with Gasteiger partial charge in [-0.05, 0) is 24.8 Å². The SMILES string of the molecule is COCCOc1ccc(N2CCN(C(=O)CC3CCCC3)CC2)nn1. The number of anilines is 1. The average molecular weight is 348 g/mol. The number of hydrogen-bond acceptors (Lipinski definition) is 6. The van der Waals surface area contributed by atoms with E-state index in [1.807, 2.05) is 17.0 Å². The van der Waals surface area contributed by atoms with Gasteiger partial charge in [-0.3, -0.25) is 4.79 Å². The van der Waals surface area contributed by atoms with Gasteiger partial charge in [-0.1, -0.05) is 12.8 Å². The molecule has 0 spiro atoms. The average Bonchev–Trinajstić information content (AvgIpc) is 3.16. The Balaban J connectivity index is 1.44. The third-order valence-electron chi connectivity index (χ3n) is 5.06. The van der Waals surface area contributed by atoms with Gasteiger partial charge in [0.05, 0.1) is 6.61 Å². The number of ether oxygens (including phenoxy) is 2. The van der Waals surface area contributed by atoms with Gasteiger partial charge >= 0.3 is 0 Å². The van der Waals surface area contributed by atoms with Crippen LogP contribution in [-0.2, 0) is 9.53 Å². The van der Waals surface area contributed by atoms with Crippen LogP contribution in [0.2, 0.25) is 0 Å². The fourth-order valence-electron chi connectivity index (χ4n) is 3.56. The minimum Gasteiger partial charge on any atom is -0.474 e. The molecule has 2 heterocycles. The zero-order chi connectivity index (χ0) is 17.5. The van der Waals surface area contributed by atoms with Crippen LogP contribution in [0.5, 0.6) is 5.88 Å². The van der Waals surface area contributed by atoms with Crippen LogP contribution in [0, 0.1) is 5.92 Å².